The van der Waals surface area contributed by atoms with Crippen molar-refractivity contribution in [3.05, 3.63) is 23.8 Å². The molecule has 0 aromatic heterocycles. The molecular weight excluding hydrogens is 174 g/mol. The first-order chi connectivity index (χ1) is 6.42. The molecule has 0 aliphatic heterocycles. The maximum Gasteiger partial charge on any atom is 0.118 e. The van der Waals surface area contributed by atoms with Crippen molar-refractivity contribution < 1.29 is 5.11 Å². The minimum absolute atomic E-state index is 0.0575. The largest absolute Gasteiger partial charge is 0.508 e. The molecule has 0 saturated heterocycles. The second-order valence-corrected chi connectivity index (χ2v) is 4.57. The third kappa shape index (κ3) is 2.95. The second kappa shape index (κ2) is 3.91. The van der Waals surface area contributed by atoms with Crippen molar-refractivity contribution in [1.29, 1.82) is 0 Å². The lowest BCUT2D eigenvalue weighted by Gasteiger charge is -2.22. The maximum absolute atomic E-state index is 9.51. The molecule has 0 radical (unpaired) electrons. The van der Waals surface area contributed by atoms with Crippen molar-refractivity contribution in [3.8, 4) is 5.75 Å². The van der Waals surface area contributed by atoms with E-state index < -0.39 is 0 Å². The van der Waals surface area contributed by atoms with Crippen LogP contribution in [0.15, 0.2) is 18.2 Å². The molecule has 0 aliphatic carbocycles. The van der Waals surface area contributed by atoms with Gasteiger partial charge in [0.25, 0.3) is 0 Å². The van der Waals surface area contributed by atoms with Gasteiger partial charge in [0.15, 0.2) is 0 Å². The monoisotopic (exact) mass is 193 g/mol. The van der Waals surface area contributed by atoms with Crippen LogP contribution in [0, 0.1) is 0 Å². The van der Waals surface area contributed by atoms with E-state index in [4.69, 9.17) is 0 Å². The first-order valence-corrected chi connectivity index (χ1v) is 5.02. The Morgan fingerprint density at radius 2 is 1.93 bits per heavy atom. The van der Waals surface area contributed by atoms with Crippen LogP contribution in [-0.2, 0) is 6.42 Å². The lowest BCUT2D eigenvalue weighted by atomic mass is 10.1. The van der Waals surface area contributed by atoms with Gasteiger partial charge in [-0.1, -0.05) is 6.92 Å². The van der Waals surface area contributed by atoms with Crippen LogP contribution in [-0.4, -0.2) is 10.6 Å². The Labute approximate surface area is 86.0 Å². The molecule has 1 rings (SSSR count). The first kappa shape index (κ1) is 10.9. The quantitative estimate of drug-likeness (QED) is 0.707. The third-order valence-corrected chi connectivity index (χ3v) is 1.98. The summed E-state index contributed by atoms with van der Waals surface area (Å²) in [4.78, 5) is 0. The average molecular weight is 193 g/mol. The van der Waals surface area contributed by atoms with Crippen LogP contribution in [0.1, 0.15) is 33.3 Å². The number of rotatable bonds is 2. The Morgan fingerprint density at radius 1 is 1.29 bits per heavy atom. The second-order valence-electron chi connectivity index (χ2n) is 4.57. The smallest absolute Gasteiger partial charge is 0.118 e. The molecule has 0 heterocycles. The number of aryl methyl sites for hydroxylation is 1. The van der Waals surface area contributed by atoms with E-state index in [1.807, 2.05) is 19.1 Å². The van der Waals surface area contributed by atoms with Crippen LogP contribution in [0.4, 0.5) is 5.69 Å². The van der Waals surface area contributed by atoms with Gasteiger partial charge < -0.3 is 10.4 Å². The van der Waals surface area contributed by atoms with E-state index in [0.29, 0.717) is 5.75 Å². The zero-order chi connectivity index (χ0) is 10.8. The number of hydrogen-bond acceptors (Lipinski definition) is 2. The summed E-state index contributed by atoms with van der Waals surface area (Å²) in [7, 11) is 0. The summed E-state index contributed by atoms with van der Waals surface area (Å²) in [5, 5.41) is 12.9. The molecule has 1 aromatic carbocycles. The van der Waals surface area contributed by atoms with E-state index in [-0.39, 0.29) is 5.54 Å². The third-order valence-electron chi connectivity index (χ3n) is 1.98. The van der Waals surface area contributed by atoms with Gasteiger partial charge in [-0.05, 0) is 51.0 Å². The predicted molar refractivity (Wildman–Crippen MR) is 60.9 cm³/mol. The maximum atomic E-state index is 9.51. The number of benzene rings is 1. The molecule has 0 aliphatic rings. The summed E-state index contributed by atoms with van der Waals surface area (Å²) in [5.41, 5.74) is 2.11. The summed E-state index contributed by atoms with van der Waals surface area (Å²) in [6.45, 7) is 8.39. The summed E-state index contributed by atoms with van der Waals surface area (Å²) in [6, 6.07) is 5.65. The highest BCUT2D eigenvalue weighted by Gasteiger charge is 2.09. The lowest BCUT2D eigenvalue weighted by molar-refractivity contribution is 0.469. The van der Waals surface area contributed by atoms with Crippen molar-refractivity contribution >= 4 is 5.69 Å². The predicted octanol–water partition coefficient (Wildman–Crippen LogP) is 3.17. The normalized spacial score (nSPS) is 11.4. The number of phenols is 1. The zero-order valence-corrected chi connectivity index (χ0v) is 9.39. The fourth-order valence-corrected chi connectivity index (χ4v) is 1.38. The number of hydrogen-bond donors (Lipinski definition) is 2. The van der Waals surface area contributed by atoms with Gasteiger partial charge in [-0.3, -0.25) is 0 Å². The molecule has 78 valence electrons. The number of nitrogens with one attached hydrogen (secondary N) is 1. The highest BCUT2D eigenvalue weighted by Crippen LogP contribution is 2.23. The molecule has 2 N–H and O–H groups in total. The summed E-state index contributed by atoms with van der Waals surface area (Å²) in [6.07, 6.45) is 0.853. The Balaban J connectivity index is 2.90. The Kier molecular flexibility index (Phi) is 3.04. The average Bonchev–Trinajstić information content (AvgIpc) is 2.06. The van der Waals surface area contributed by atoms with Gasteiger partial charge in [0.05, 0.1) is 0 Å². The molecule has 14 heavy (non-hydrogen) atoms. The van der Waals surface area contributed by atoms with Crippen LogP contribution in [0.2, 0.25) is 0 Å². The molecule has 0 spiro atoms. The topological polar surface area (TPSA) is 32.3 Å². The van der Waals surface area contributed by atoms with E-state index >= 15 is 0 Å². The van der Waals surface area contributed by atoms with Crippen molar-refractivity contribution in [2.24, 2.45) is 0 Å². The minimum Gasteiger partial charge on any atom is -0.508 e. The van der Waals surface area contributed by atoms with Crippen LogP contribution in [0.3, 0.4) is 0 Å². The molecule has 2 nitrogen and oxygen atoms in total. The van der Waals surface area contributed by atoms with Gasteiger partial charge in [-0.15, -0.1) is 0 Å². The van der Waals surface area contributed by atoms with Crippen LogP contribution in [0.25, 0.3) is 0 Å². The van der Waals surface area contributed by atoms with Gasteiger partial charge >= 0.3 is 0 Å². The van der Waals surface area contributed by atoms with Crippen LogP contribution >= 0.6 is 0 Å². The Hall–Kier alpha value is -1.18. The van der Waals surface area contributed by atoms with Gasteiger partial charge in [-0.2, -0.15) is 0 Å². The van der Waals surface area contributed by atoms with E-state index in [1.54, 1.807) is 6.07 Å². The molecule has 1 aromatic rings. The van der Waals surface area contributed by atoms with Crippen LogP contribution in [0.5, 0.6) is 5.75 Å². The number of anilines is 1. The van der Waals surface area contributed by atoms with E-state index in [0.717, 1.165) is 17.7 Å². The van der Waals surface area contributed by atoms with Gasteiger partial charge in [0.1, 0.15) is 5.75 Å². The summed E-state index contributed by atoms with van der Waals surface area (Å²) < 4.78 is 0. The van der Waals surface area contributed by atoms with Crippen molar-refractivity contribution in [2.45, 2.75) is 39.7 Å². The van der Waals surface area contributed by atoms with Gasteiger partial charge in [-0.25, -0.2) is 0 Å². The van der Waals surface area contributed by atoms with Gasteiger partial charge in [0.2, 0.25) is 0 Å². The molecule has 0 fully saturated rings. The van der Waals surface area contributed by atoms with E-state index in [2.05, 4.69) is 26.1 Å². The van der Waals surface area contributed by atoms with Crippen LogP contribution < -0.4 is 5.32 Å². The summed E-state index contributed by atoms with van der Waals surface area (Å²) >= 11 is 0. The lowest BCUT2D eigenvalue weighted by Crippen LogP contribution is -2.25. The molecule has 0 atom stereocenters. The van der Waals surface area contributed by atoms with Gasteiger partial charge in [0, 0.05) is 11.2 Å². The molecule has 0 bridgehead atoms. The Bertz CT molecular complexity index is 313. The molecule has 0 unspecified atom stereocenters. The molecule has 0 amide bonds. The van der Waals surface area contributed by atoms with Crippen molar-refractivity contribution in [2.75, 3.05) is 5.32 Å². The number of phenolic OH excluding ortho intramolecular Hbond substituents is 1. The highest BCUT2D eigenvalue weighted by atomic mass is 16.3. The standard InChI is InChI=1S/C12H19NO/c1-5-9-8-10(6-7-11(9)14)13-12(2,3)4/h6-8,13-14H,5H2,1-4H3. The van der Waals surface area contributed by atoms with E-state index in [9.17, 15) is 5.11 Å². The summed E-state index contributed by atoms with van der Waals surface area (Å²) in [5.74, 6) is 0.381. The first-order valence-electron chi connectivity index (χ1n) is 5.02. The number of aromatic hydroxyl groups is 1. The zero-order valence-electron chi connectivity index (χ0n) is 9.39. The molecule has 2 heteroatoms. The highest BCUT2D eigenvalue weighted by molar-refractivity contribution is 5.51. The Morgan fingerprint density at radius 3 is 2.43 bits per heavy atom. The molecule has 0 saturated carbocycles. The van der Waals surface area contributed by atoms with Crippen molar-refractivity contribution in [3.63, 3.8) is 0 Å². The fraction of sp³-hybridized carbons (Fsp3) is 0.500. The SMILES string of the molecule is CCc1cc(NC(C)(C)C)ccc1O. The van der Waals surface area contributed by atoms with Crippen molar-refractivity contribution in [1.82, 2.24) is 0 Å². The minimum atomic E-state index is 0.0575. The fourth-order valence-electron chi connectivity index (χ4n) is 1.38. The molecular formula is C12H19NO. The van der Waals surface area contributed by atoms with E-state index in [1.165, 1.54) is 0 Å².